The quantitative estimate of drug-likeness (QED) is 0.801. The van der Waals surface area contributed by atoms with Gasteiger partial charge in [-0.25, -0.2) is 13.1 Å². The third-order valence-corrected chi connectivity index (χ3v) is 4.23. The van der Waals surface area contributed by atoms with Crippen LogP contribution in [-0.4, -0.2) is 20.7 Å². The van der Waals surface area contributed by atoms with Crippen LogP contribution in [0.5, 0.6) is 0 Å². The van der Waals surface area contributed by atoms with Crippen molar-refractivity contribution < 1.29 is 8.42 Å². The average Bonchev–Trinajstić information content (AvgIpc) is 2.36. The summed E-state index contributed by atoms with van der Waals surface area (Å²) in [5, 5.41) is 0. The van der Waals surface area contributed by atoms with E-state index in [4.69, 9.17) is 5.73 Å². The summed E-state index contributed by atoms with van der Waals surface area (Å²) in [5.41, 5.74) is 7.09. The summed E-state index contributed by atoms with van der Waals surface area (Å²) in [4.78, 5) is 0. The highest BCUT2D eigenvalue weighted by molar-refractivity contribution is 7.89. The number of nitrogens with one attached hydrogen (secondary N) is 1. The molecule has 0 aliphatic heterocycles. The van der Waals surface area contributed by atoms with E-state index in [-0.39, 0.29) is 11.8 Å². The highest BCUT2D eigenvalue weighted by Crippen LogP contribution is 2.14. The first kappa shape index (κ1) is 15.7. The van der Waals surface area contributed by atoms with E-state index in [0.29, 0.717) is 13.0 Å². The molecular weight excluding hydrogens is 260 g/mol. The van der Waals surface area contributed by atoms with Crippen molar-refractivity contribution in [3.63, 3.8) is 0 Å². The summed E-state index contributed by atoms with van der Waals surface area (Å²) >= 11 is 0. The Balaban J connectivity index is 2.75. The molecule has 0 aromatic heterocycles. The summed E-state index contributed by atoms with van der Waals surface area (Å²) < 4.78 is 26.0. The van der Waals surface area contributed by atoms with Crippen LogP contribution in [0.15, 0.2) is 24.3 Å². The molecule has 4 nitrogen and oxygen atoms in total. The normalized spacial score (nSPS) is 12.6. The lowest BCUT2D eigenvalue weighted by Gasteiger charge is -2.14. The van der Waals surface area contributed by atoms with Gasteiger partial charge in [-0.05, 0) is 31.0 Å². The minimum Gasteiger partial charge on any atom is -0.320 e. The molecule has 0 spiro atoms. The highest BCUT2D eigenvalue weighted by atomic mass is 32.2. The lowest BCUT2D eigenvalue weighted by atomic mass is 10.1. The lowest BCUT2D eigenvalue weighted by Crippen LogP contribution is -2.28. The fourth-order valence-corrected chi connectivity index (χ4v) is 3.00. The molecular formula is C14H20N2O2S. The number of hydrogen-bond acceptors (Lipinski definition) is 3. The summed E-state index contributed by atoms with van der Waals surface area (Å²) in [6, 6.07) is 7.23. The molecule has 104 valence electrons. The van der Waals surface area contributed by atoms with Crippen LogP contribution in [0.3, 0.4) is 0 Å². The van der Waals surface area contributed by atoms with Gasteiger partial charge in [0.25, 0.3) is 0 Å². The zero-order valence-corrected chi connectivity index (χ0v) is 12.1. The van der Waals surface area contributed by atoms with Gasteiger partial charge in [0, 0.05) is 11.6 Å². The molecule has 0 fully saturated rings. The molecule has 1 aromatic carbocycles. The summed E-state index contributed by atoms with van der Waals surface area (Å²) in [7, 11) is -3.20. The summed E-state index contributed by atoms with van der Waals surface area (Å²) in [6.07, 6.45) is 0.607. The Bertz CT molecular complexity index is 553. The SMILES string of the molecule is CCCS(=O)(=O)NC(C)c1ccc(C#CCN)cc1. The fraction of sp³-hybridized carbons (Fsp3) is 0.429. The smallest absolute Gasteiger partial charge is 0.212 e. The largest absolute Gasteiger partial charge is 0.320 e. The Hall–Kier alpha value is -1.35. The first-order chi connectivity index (χ1) is 8.98. The monoisotopic (exact) mass is 280 g/mol. The molecule has 1 aromatic rings. The Morgan fingerprint density at radius 3 is 2.47 bits per heavy atom. The Morgan fingerprint density at radius 1 is 1.32 bits per heavy atom. The Morgan fingerprint density at radius 2 is 1.95 bits per heavy atom. The molecule has 19 heavy (non-hydrogen) atoms. The van der Waals surface area contributed by atoms with E-state index in [9.17, 15) is 8.42 Å². The van der Waals surface area contributed by atoms with Crippen molar-refractivity contribution in [3.05, 3.63) is 35.4 Å². The third-order valence-electron chi connectivity index (χ3n) is 2.57. The van der Waals surface area contributed by atoms with Gasteiger partial charge in [-0.1, -0.05) is 30.9 Å². The van der Waals surface area contributed by atoms with Crippen molar-refractivity contribution in [1.29, 1.82) is 0 Å². The van der Waals surface area contributed by atoms with E-state index in [0.717, 1.165) is 11.1 Å². The molecule has 0 radical (unpaired) electrons. The topological polar surface area (TPSA) is 72.2 Å². The van der Waals surface area contributed by atoms with Gasteiger partial charge in [-0.2, -0.15) is 0 Å². The van der Waals surface area contributed by atoms with Gasteiger partial charge in [0.1, 0.15) is 0 Å². The second-order valence-corrected chi connectivity index (χ2v) is 6.16. The summed E-state index contributed by atoms with van der Waals surface area (Å²) in [6.45, 7) is 4.00. The second-order valence-electron chi connectivity index (χ2n) is 4.29. The molecule has 5 heteroatoms. The zero-order valence-electron chi connectivity index (χ0n) is 11.3. The molecule has 0 aliphatic carbocycles. The number of sulfonamides is 1. The van der Waals surface area contributed by atoms with E-state index in [1.807, 2.05) is 38.1 Å². The van der Waals surface area contributed by atoms with Crippen LogP contribution in [0.2, 0.25) is 0 Å². The van der Waals surface area contributed by atoms with Crippen molar-refractivity contribution in [3.8, 4) is 11.8 Å². The first-order valence-corrected chi connectivity index (χ1v) is 7.92. The van der Waals surface area contributed by atoms with Gasteiger partial charge >= 0.3 is 0 Å². The first-order valence-electron chi connectivity index (χ1n) is 6.27. The van der Waals surface area contributed by atoms with Crippen LogP contribution in [0, 0.1) is 11.8 Å². The van der Waals surface area contributed by atoms with Crippen LogP contribution in [0.1, 0.15) is 37.4 Å². The molecule has 0 bridgehead atoms. The molecule has 3 N–H and O–H groups in total. The maximum absolute atomic E-state index is 11.7. The Labute approximate surface area is 115 Å². The number of rotatable bonds is 5. The van der Waals surface area contributed by atoms with Crippen LogP contribution >= 0.6 is 0 Å². The minimum atomic E-state index is -3.20. The number of benzene rings is 1. The molecule has 0 saturated carbocycles. The average molecular weight is 280 g/mol. The minimum absolute atomic E-state index is 0.150. The van der Waals surface area contributed by atoms with Gasteiger partial charge in [0.2, 0.25) is 10.0 Å². The zero-order chi connectivity index (χ0) is 14.3. The highest BCUT2D eigenvalue weighted by Gasteiger charge is 2.14. The van der Waals surface area contributed by atoms with Crippen LogP contribution in [0.25, 0.3) is 0 Å². The molecule has 1 rings (SSSR count). The predicted molar refractivity (Wildman–Crippen MR) is 78.0 cm³/mol. The van der Waals surface area contributed by atoms with Crippen molar-refractivity contribution in [1.82, 2.24) is 4.72 Å². The molecule has 0 saturated heterocycles. The van der Waals surface area contributed by atoms with Gasteiger partial charge in [-0.3, -0.25) is 0 Å². The third kappa shape index (κ3) is 5.43. The van der Waals surface area contributed by atoms with Crippen molar-refractivity contribution in [2.75, 3.05) is 12.3 Å². The summed E-state index contributed by atoms with van der Waals surface area (Å²) in [5.74, 6) is 5.85. The molecule has 1 unspecified atom stereocenters. The van der Waals surface area contributed by atoms with E-state index in [1.165, 1.54) is 0 Å². The predicted octanol–water partition coefficient (Wildman–Crippen LogP) is 1.39. The van der Waals surface area contributed by atoms with Crippen molar-refractivity contribution in [2.24, 2.45) is 5.73 Å². The number of nitrogens with two attached hydrogens (primary N) is 1. The molecule has 0 aliphatic rings. The maximum Gasteiger partial charge on any atom is 0.212 e. The van der Waals surface area contributed by atoms with E-state index in [1.54, 1.807) is 0 Å². The van der Waals surface area contributed by atoms with Crippen molar-refractivity contribution >= 4 is 10.0 Å². The standard InChI is InChI=1S/C14H20N2O2S/c1-3-11-19(17,18)16-12(2)14-8-6-13(7-9-14)5-4-10-15/h6-9,12,16H,3,10-11,15H2,1-2H3. The van der Waals surface area contributed by atoms with E-state index in [2.05, 4.69) is 16.6 Å². The van der Waals surface area contributed by atoms with E-state index >= 15 is 0 Å². The van der Waals surface area contributed by atoms with Gasteiger partial charge in [0.15, 0.2) is 0 Å². The van der Waals surface area contributed by atoms with E-state index < -0.39 is 10.0 Å². The molecule has 0 heterocycles. The van der Waals surface area contributed by atoms with Crippen LogP contribution in [0.4, 0.5) is 0 Å². The second kappa shape index (κ2) is 7.29. The number of hydrogen-bond donors (Lipinski definition) is 2. The fourth-order valence-electron chi connectivity index (χ4n) is 1.67. The maximum atomic E-state index is 11.7. The lowest BCUT2D eigenvalue weighted by molar-refractivity contribution is 0.565. The van der Waals surface area contributed by atoms with Crippen molar-refractivity contribution in [2.45, 2.75) is 26.3 Å². The Kier molecular flexibility index (Phi) is 6.03. The molecule has 0 amide bonds. The van der Waals surface area contributed by atoms with Gasteiger partial charge in [-0.15, -0.1) is 0 Å². The van der Waals surface area contributed by atoms with Gasteiger partial charge in [0.05, 0.1) is 12.3 Å². The van der Waals surface area contributed by atoms with Crippen LogP contribution < -0.4 is 10.5 Å². The van der Waals surface area contributed by atoms with Gasteiger partial charge < -0.3 is 5.73 Å². The van der Waals surface area contributed by atoms with Crippen LogP contribution in [-0.2, 0) is 10.0 Å². The molecule has 1 atom stereocenters.